The summed E-state index contributed by atoms with van der Waals surface area (Å²) in [6, 6.07) is 8.28. The van der Waals surface area contributed by atoms with Gasteiger partial charge in [-0.1, -0.05) is 11.6 Å². The van der Waals surface area contributed by atoms with Gasteiger partial charge in [-0.2, -0.15) is 11.8 Å². The van der Waals surface area contributed by atoms with E-state index in [1.807, 2.05) is 41.4 Å². The number of carbonyl (C=O) groups excluding carboxylic acids is 2. The summed E-state index contributed by atoms with van der Waals surface area (Å²) < 4.78 is 6.63. The number of halogens is 1. The number of carbonyl (C=O) groups is 2. The molecule has 0 saturated heterocycles. The minimum atomic E-state index is -0.693. The van der Waals surface area contributed by atoms with Crippen molar-refractivity contribution in [3.8, 4) is 5.69 Å². The number of nitrogens with one attached hydrogen (secondary N) is 1. The van der Waals surface area contributed by atoms with Crippen LogP contribution in [0, 0.1) is 0 Å². The van der Waals surface area contributed by atoms with Gasteiger partial charge in [0.15, 0.2) is 0 Å². The van der Waals surface area contributed by atoms with Gasteiger partial charge in [0.05, 0.1) is 17.7 Å². The molecular formula is C17H19ClN2O3S. The van der Waals surface area contributed by atoms with E-state index in [2.05, 4.69) is 5.32 Å². The average Bonchev–Trinajstić information content (AvgIpc) is 3.12. The molecule has 0 fully saturated rings. The molecule has 24 heavy (non-hydrogen) atoms. The number of rotatable bonds is 7. The molecule has 5 nitrogen and oxygen atoms in total. The Morgan fingerprint density at radius 3 is 2.67 bits per heavy atom. The zero-order valence-electron chi connectivity index (χ0n) is 13.5. The van der Waals surface area contributed by atoms with Crippen molar-refractivity contribution in [1.29, 1.82) is 0 Å². The smallest absolute Gasteiger partial charge is 0.328 e. The Hall–Kier alpha value is -1.92. The van der Waals surface area contributed by atoms with Crippen molar-refractivity contribution in [2.75, 3.05) is 19.1 Å². The number of ether oxygens (including phenoxy) is 1. The second kappa shape index (κ2) is 8.80. The Morgan fingerprint density at radius 1 is 1.33 bits per heavy atom. The Labute approximate surface area is 150 Å². The molecule has 1 unspecified atom stereocenters. The van der Waals surface area contributed by atoms with Gasteiger partial charge in [0, 0.05) is 18.1 Å². The molecular weight excluding hydrogens is 348 g/mol. The first-order valence-corrected chi connectivity index (χ1v) is 9.14. The average molecular weight is 367 g/mol. The number of methoxy groups -OCH3 is 1. The maximum Gasteiger partial charge on any atom is 0.328 e. The number of aromatic nitrogens is 1. The number of esters is 1. The lowest BCUT2D eigenvalue weighted by molar-refractivity contribution is -0.142. The maximum absolute atomic E-state index is 12.6. The van der Waals surface area contributed by atoms with Crippen molar-refractivity contribution in [2.24, 2.45) is 0 Å². The van der Waals surface area contributed by atoms with Crippen LogP contribution in [0.5, 0.6) is 0 Å². The molecule has 0 aliphatic rings. The van der Waals surface area contributed by atoms with Gasteiger partial charge in [0.1, 0.15) is 6.04 Å². The highest BCUT2D eigenvalue weighted by atomic mass is 35.5. The van der Waals surface area contributed by atoms with Crippen molar-refractivity contribution in [3.05, 3.63) is 53.3 Å². The third kappa shape index (κ3) is 4.55. The van der Waals surface area contributed by atoms with E-state index in [9.17, 15) is 9.59 Å². The summed E-state index contributed by atoms with van der Waals surface area (Å²) in [5, 5.41) is 3.04. The molecule has 1 aromatic carbocycles. The molecule has 7 heteroatoms. The van der Waals surface area contributed by atoms with Crippen molar-refractivity contribution in [3.63, 3.8) is 0 Å². The minimum absolute atomic E-state index is 0.320. The van der Waals surface area contributed by atoms with Crippen molar-refractivity contribution in [2.45, 2.75) is 12.5 Å². The van der Waals surface area contributed by atoms with Crippen LogP contribution >= 0.6 is 23.4 Å². The first-order valence-electron chi connectivity index (χ1n) is 7.37. The van der Waals surface area contributed by atoms with Crippen LogP contribution < -0.4 is 5.32 Å². The van der Waals surface area contributed by atoms with Crippen LogP contribution in [0.1, 0.15) is 16.8 Å². The predicted molar refractivity (Wildman–Crippen MR) is 97.0 cm³/mol. The van der Waals surface area contributed by atoms with E-state index in [0.29, 0.717) is 17.0 Å². The Morgan fingerprint density at radius 2 is 2.04 bits per heavy atom. The second-order valence-electron chi connectivity index (χ2n) is 5.09. The van der Waals surface area contributed by atoms with E-state index in [1.54, 1.807) is 23.9 Å². The van der Waals surface area contributed by atoms with Crippen LogP contribution in [-0.4, -0.2) is 41.6 Å². The van der Waals surface area contributed by atoms with Crippen LogP contribution in [0.3, 0.4) is 0 Å². The predicted octanol–water partition coefficient (Wildman–Crippen LogP) is 3.16. The summed E-state index contributed by atoms with van der Waals surface area (Å²) in [5.74, 6) is -0.127. The summed E-state index contributed by atoms with van der Waals surface area (Å²) in [6.07, 6.45) is 6.18. The summed E-state index contributed by atoms with van der Waals surface area (Å²) >= 11 is 7.76. The standard InChI is InChI=1S/C17H19ClN2O3S/c1-23-17(22)15(7-10-24-2)19-16(21)13-11-12(5-6-14(13)18)20-8-3-4-9-20/h3-6,8-9,11,15H,7,10H2,1-2H3,(H,19,21). The molecule has 0 radical (unpaired) electrons. The molecule has 0 spiro atoms. The van der Waals surface area contributed by atoms with Gasteiger partial charge in [0.25, 0.3) is 5.91 Å². The molecule has 0 saturated carbocycles. The van der Waals surface area contributed by atoms with Crippen LogP contribution in [0.2, 0.25) is 5.02 Å². The fraction of sp³-hybridized carbons (Fsp3) is 0.294. The molecule has 1 amide bonds. The quantitative estimate of drug-likeness (QED) is 0.765. The van der Waals surface area contributed by atoms with E-state index in [4.69, 9.17) is 16.3 Å². The highest BCUT2D eigenvalue weighted by Gasteiger charge is 2.23. The topological polar surface area (TPSA) is 60.3 Å². The second-order valence-corrected chi connectivity index (χ2v) is 6.48. The van der Waals surface area contributed by atoms with Gasteiger partial charge < -0.3 is 14.6 Å². The monoisotopic (exact) mass is 366 g/mol. The molecule has 0 aliphatic heterocycles. The molecule has 2 rings (SSSR count). The fourth-order valence-corrected chi connectivity index (χ4v) is 2.89. The van der Waals surface area contributed by atoms with Gasteiger partial charge in [-0.3, -0.25) is 4.79 Å². The van der Waals surface area contributed by atoms with E-state index >= 15 is 0 Å². The minimum Gasteiger partial charge on any atom is -0.467 e. The number of hydrogen-bond acceptors (Lipinski definition) is 4. The number of amides is 1. The largest absolute Gasteiger partial charge is 0.467 e. The van der Waals surface area contributed by atoms with E-state index in [0.717, 1.165) is 11.4 Å². The summed E-state index contributed by atoms with van der Waals surface area (Å²) in [5.41, 5.74) is 1.13. The first-order chi connectivity index (χ1) is 11.6. The zero-order chi connectivity index (χ0) is 17.5. The molecule has 1 atom stereocenters. The molecule has 2 aromatic rings. The first kappa shape index (κ1) is 18.4. The Kier molecular flexibility index (Phi) is 6.75. The lowest BCUT2D eigenvalue weighted by Crippen LogP contribution is -2.42. The summed E-state index contributed by atoms with van der Waals surface area (Å²) in [7, 11) is 1.31. The van der Waals surface area contributed by atoms with Gasteiger partial charge in [0.2, 0.25) is 0 Å². The number of nitrogens with zero attached hydrogens (tertiary/aromatic N) is 1. The van der Waals surface area contributed by atoms with E-state index in [1.165, 1.54) is 7.11 Å². The van der Waals surface area contributed by atoms with Gasteiger partial charge >= 0.3 is 5.97 Å². The molecule has 0 bridgehead atoms. The highest BCUT2D eigenvalue weighted by molar-refractivity contribution is 7.98. The molecule has 1 heterocycles. The number of thioether (sulfide) groups is 1. The fourth-order valence-electron chi connectivity index (χ4n) is 2.22. The lowest BCUT2D eigenvalue weighted by Gasteiger charge is -2.17. The van der Waals surface area contributed by atoms with Gasteiger partial charge in [-0.05, 0) is 48.8 Å². The van der Waals surface area contributed by atoms with Crippen LogP contribution in [0.25, 0.3) is 5.69 Å². The van der Waals surface area contributed by atoms with E-state index in [-0.39, 0.29) is 0 Å². The normalized spacial score (nSPS) is 11.8. The molecule has 1 aromatic heterocycles. The van der Waals surface area contributed by atoms with Crippen LogP contribution in [0.4, 0.5) is 0 Å². The third-order valence-electron chi connectivity index (χ3n) is 3.50. The lowest BCUT2D eigenvalue weighted by atomic mass is 10.1. The summed E-state index contributed by atoms with van der Waals surface area (Å²) in [4.78, 5) is 24.4. The van der Waals surface area contributed by atoms with Crippen molar-refractivity contribution in [1.82, 2.24) is 9.88 Å². The van der Waals surface area contributed by atoms with Crippen LogP contribution in [-0.2, 0) is 9.53 Å². The van der Waals surface area contributed by atoms with Gasteiger partial charge in [-0.25, -0.2) is 4.79 Å². The summed E-state index contributed by atoms with van der Waals surface area (Å²) in [6.45, 7) is 0. The molecule has 128 valence electrons. The zero-order valence-corrected chi connectivity index (χ0v) is 15.1. The van der Waals surface area contributed by atoms with Gasteiger partial charge in [-0.15, -0.1) is 0 Å². The number of hydrogen-bond donors (Lipinski definition) is 1. The SMILES string of the molecule is COC(=O)C(CCSC)NC(=O)c1cc(-n2cccc2)ccc1Cl. The Balaban J connectivity index is 2.21. The van der Waals surface area contributed by atoms with E-state index < -0.39 is 17.9 Å². The Bertz CT molecular complexity index is 704. The maximum atomic E-state index is 12.6. The van der Waals surface area contributed by atoms with Crippen molar-refractivity contribution >= 4 is 35.2 Å². The van der Waals surface area contributed by atoms with Crippen molar-refractivity contribution < 1.29 is 14.3 Å². The highest BCUT2D eigenvalue weighted by Crippen LogP contribution is 2.20. The molecule has 1 N–H and O–H groups in total. The number of benzene rings is 1. The third-order valence-corrected chi connectivity index (χ3v) is 4.47. The van der Waals surface area contributed by atoms with Crippen LogP contribution in [0.15, 0.2) is 42.7 Å². The molecule has 0 aliphatic carbocycles.